The van der Waals surface area contributed by atoms with Gasteiger partial charge in [0.15, 0.2) is 0 Å². The van der Waals surface area contributed by atoms with E-state index in [-0.39, 0.29) is 24.0 Å². The fourth-order valence-electron chi connectivity index (χ4n) is 5.53. The molecule has 3 heterocycles. The molecule has 0 bridgehead atoms. The molecule has 186 valence electrons. The van der Waals surface area contributed by atoms with Crippen LogP contribution in [0.25, 0.3) is 10.9 Å². The number of hydrogen-bond donors (Lipinski definition) is 1. The third-order valence-corrected chi connectivity index (χ3v) is 7.29. The zero-order valence-corrected chi connectivity index (χ0v) is 20.1. The number of methoxy groups -OCH3 is 1. The van der Waals surface area contributed by atoms with Gasteiger partial charge in [-0.25, -0.2) is 0 Å². The van der Waals surface area contributed by atoms with E-state index >= 15 is 0 Å². The SMILES string of the molecule is COc1ccc(CN2CC(=O)N3[C@@H](c4ccc([N+](=O)[O-])cc4)c4[nH]c5ccccc5c4C[C@@H]3C2=O)cc1. The van der Waals surface area contributed by atoms with E-state index in [1.54, 1.807) is 29.0 Å². The third kappa shape index (κ3) is 3.79. The molecule has 3 aromatic carbocycles. The number of aromatic nitrogens is 1. The number of fused-ring (bicyclic) bond motifs is 4. The molecule has 0 radical (unpaired) electrons. The Morgan fingerprint density at radius 1 is 1.03 bits per heavy atom. The first-order chi connectivity index (χ1) is 17.9. The van der Waals surface area contributed by atoms with E-state index < -0.39 is 17.0 Å². The number of carbonyl (C=O) groups is 2. The van der Waals surface area contributed by atoms with Crippen LogP contribution >= 0.6 is 0 Å². The summed E-state index contributed by atoms with van der Waals surface area (Å²) < 4.78 is 5.22. The molecule has 0 unspecified atom stereocenters. The molecule has 0 saturated carbocycles. The van der Waals surface area contributed by atoms with Gasteiger partial charge in [0, 0.05) is 41.7 Å². The number of amides is 2. The number of rotatable bonds is 5. The Balaban J connectivity index is 1.41. The Morgan fingerprint density at radius 3 is 2.46 bits per heavy atom. The largest absolute Gasteiger partial charge is 0.497 e. The number of nitrogens with zero attached hydrogens (tertiary/aromatic N) is 3. The number of piperazine rings is 1. The van der Waals surface area contributed by atoms with Gasteiger partial charge in [-0.15, -0.1) is 0 Å². The quantitative estimate of drug-likeness (QED) is 0.332. The first-order valence-corrected chi connectivity index (χ1v) is 12.0. The van der Waals surface area contributed by atoms with Crippen LogP contribution in [0.4, 0.5) is 5.69 Å². The highest BCUT2D eigenvalue weighted by Gasteiger charge is 2.48. The molecule has 6 rings (SSSR count). The average Bonchev–Trinajstić information content (AvgIpc) is 3.29. The molecule has 9 heteroatoms. The second-order valence-electron chi connectivity index (χ2n) is 9.38. The predicted molar refractivity (Wildman–Crippen MR) is 136 cm³/mol. The van der Waals surface area contributed by atoms with Gasteiger partial charge in [-0.05, 0) is 47.0 Å². The van der Waals surface area contributed by atoms with Crippen LogP contribution in [-0.2, 0) is 22.6 Å². The molecule has 1 fully saturated rings. The van der Waals surface area contributed by atoms with E-state index in [2.05, 4.69) is 4.98 Å². The van der Waals surface area contributed by atoms with Crippen LogP contribution in [0.15, 0.2) is 72.8 Å². The lowest BCUT2D eigenvalue weighted by Crippen LogP contribution is -2.62. The molecule has 0 spiro atoms. The molecule has 9 nitrogen and oxygen atoms in total. The molecule has 1 N–H and O–H groups in total. The fraction of sp³-hybridized carbons (Fsp3) is 0.214. The molecule has 4 aromatic rings. The Hall–Kier alpha value is -4.66. The third-order valence-electron chi connectivity index (χ3n) is 7.29. The van der Waals surface area contributed by atoms with E-state index in [9.17, 15) is 19.7 Å². The minimum absolute atomic E-state index is 0.0281. The number of H-pyrrole nitrogens is 1. The topological polar surface area (TPSA) is 109 Å². The lowest BCUT2D eigenvalue weighted by molar-refractivity contribution is -0.384. The van der Waals surface area contributed by atoms with Gasteiger partial charge in [0.1, 0.15) is 18.3 Å². The Kier molecular flexibility index (Phi) is 5.40. The van der Waals surface area contributed by atoms with Crippen molar-refractivity contribution >= 4 is 28.4 Å². The van der Waals surface area contributed by atoms with Gasteiger partial charge in [-0.3, -0.25) is 19.7 Å². The molecule has 2 aliphatic rings. The van der Waals surface area contributed by atoms with E-state index in [4.69, 9.17) is 4.74 Å². The lowest BCUT2D eigenvalue weighted by Gasteiger charge is -2.47. The Morgan fingerprint density at radius 2 is 1.76 bits per heavy atom. The smallest absolute Gasteiger partial charge is 0.269 e. The number of nitro groups is 1. The van der Waals surface area contributed by atoms with Gasteiger partial charge in [0.25, 0.3) is 5.69 Å². The van der Waals surface area contributed by atoms with Crippen LogP contribution in [0.3, 0.4) is 0 Å². The van der Waals surface area contributed by atoms with E-state index in [0.29, 0.717) is 18.5 Å². The standard InChI is InChI=1S/C28H24N4O5/c1-37-20-12-6-17(7-13-20)15-30-16-25(33)31-24(28(30)34)14-22-21-4-2-3-5-23(21)29-26(22)27(31)18-8-10-19(11-9-18)32(35)36/h2-13,24,27,29H,14-16H2,1H3/t24-,27+/m1/s1. The summed E-state index contributed by atoms with van der Waals surface area (Å²) in [6, 6.07) is 20.3. The molecule has 2 aliphatic heterocycles. The number of ether oxygens (including phenoxy) is 1. The van der Waals surface area contributed by atoms with Gasteiger partial charge in [0.2, 0.25) is 11.8 Å². The van der Waals surface area contributed by atoms with Crippen LogP contribution in [-0.4, -0.2) is 51.2 Å². The van der Waals surface area contributed by atoms with E-state index in [0.717, 1.165) is 33.5 Å². The van der Waals surface area contributed by atoms with Crippen molar-refractivity contribution in [1.82, 2.24) is 14.8 Å². The molecular weight excluding hydrogens is 472 g/mol. The first-order valence-electron chi connectivity index (χ1n) is 12.0. The number of nitrogens with one attached hydrogen (secondary N) is 1. The number of carbonyl (C=O) groups excluding carboxylic acids is 2. The van der Waals surface area contributed by atoms with Crippen LogP contribution in [0.1, 0.15) is 28.4 Å². The summed E-state index contributed by atoms with van der Waals surface area (Å²) in [4.78, 5) is 45.0. The normalized spacial score (nSPS) is 19.1. The summed E-state index contributed by atoms with van der Waals surface area (Å²) in [5.74, 6) is 0.449. The van der Waals surface area contributed by atoms with Crippen molar-refractivity contribution in [1.29, 1.82) is 0 Å². The molecule has 0 aliphatic carbocycles. The van der Waals surface area contributed by atoms with Crippen molar-refractivity contribution < 1.29 is 19.2 Å². The van der Waals surface area contributed by atoms with Crippen molar-refractivity contribution in [3.8, 4) is 5.75 Å². The van der Waals surface area contributed by atoms with Gasteiger partial charge in [0.05, 0.1) is 18.1 Å². The van der Waals surface area contributed by atoms with Gasteiger partial charge < -0.3 is 19.5 Å². The van der Waals surface area contributed by atoms with Crippen LogP contribution in [0, 0.1) is 10.1 Å². The van der Waals surface area contributed by atoms with Gasteiger partial charge in [-0.1, -0.05) is 30.3 Å². The van der Waals surface area contributed by atoms with Crippen LogP contribution in [0.2, 0.25) is 0 Å². The summed E-state index contributed by atoms with van der Waals surface area (Å²) >= 11 is 0. The fourth-order valence-corrected chi connectivity index (χ4v) is 5.53. The second kappa shape index (κ2) is 8.77. The number of aromatic amines is 1. The summed E-state index contributed by atoms with van der Waals surface area (Å²) in [6.07, 6.45) is 0.395. The van der Waals surface area contributed by atoms with Gasteiger partial charge >= 0.3 is 0 Å². The van der Waals surface area contributed by atoms with Crippen molar-refractivity contribution in [3.63, 3.8) is 0 Å². The highest BCUT2D eigenvalue weighted by Crippen LogP contribution is 2.43. The maximum atomic E-state index is 13.8. The van der Waals surface area contributed by atoms with Crippen molar-refractivity contribution in [2.24, 2.45) is 0 Å². The van der Waals surface area contributed by atoms with Crippen molar-refractivity contribution in [3.05, 3.63) is 105 Å². The zero-order chi connectivity index (χ0) is 25.7. The summed E-state index contributed by atoms with van der Waals surface area (Å²) in [5, 5.41) is 12.2. The highest BCUT2D eigenvalue weighted by atomic mass is 16.6. The van der Waals surface area contributed by atoms with E-state index in [1.165, 1.54) is 12.1 Å². The van der Waals surface area contributed by atoms with Crippen LogP contribution in [0.5, 0.6) is 5.75 Å². The summed E-state index contributed by atoms with van der Waals surface area (Å²) in [6.45, 7) is 0.280. The number of benzene rings is 3. The monoisotopic (exact) mass is 496 g/mol. The number of para-hydroxylation sites is 1. The maximum Gasteiger partial charge on any atom is 0.269 e. The van der Waals surface area contributed by atoms with Crippen molar-refractivity contribution in [2.75, 3.05) is 13.7 Å². The van der Waals surface area contributed by atoms with Crippen LogP contribution < -0.4 is 4.74 Å². The summed E-state index contributed by atoms with van der Waals surface area (Å²) in [5.41, 5.74) is 4.36. The molecule has 1 aromatic heterocycles. The molecule has 2 amide bonds. The lowest BCUT2D eigenvalue weighted by atomic mass is 9.86. The molecule has 1 saturated heterocycles. The predicted octanol–water partition coefficient (Wildman–Crippen LogP) is 3.97. The zero-order valence-electron chi connectivity index (χ0n) is 20.1. The summed E-state index contributed by atoms with van der Waals surface area (Å²) in [7, 11) is 1.60. The molecular formula is C28H24N4O5. The number of non-ortho nitro benzene ring substituents is 1. The second-order valence-corrected chi connectivity index (χ2v) is 9.38. The molecule has 2 atom stereocenters. The average molecular weight is 497 g/mol. The number of nitro benzene ring substituents is 1. The Bertz CT molecular complexity index is 1530. The first kappa shape index (κ1) is 22.8. The Labute approximate surface area is 212 Å². The van der Waals surface area contributed by atoms with Crippen molar-refractivity contribution in [2.45, 2.75) is 25.0 Å². The van der Waals surface area contributed by atoms with E-state index in [1.807, 2.05) is 48.5 Å². The number of hydrogen-bond acceptors (Lipinski definition) is 5. The molecule has 37 heavy (non-hydrogen) atoms. The minimum Gasteiger partial charge on any atom is -0.497 e. The van der Waals surface area contributed by atoms with Gasteiger partial charge in [-0.2, -0.15) is 0 Å². The minimum atomic E-state index is -0.675. The highest BCUT2D eigenvalue weighted by molar-refractivity contribution is 5.97. The maximum absolute atomic E-state index is 13.8.